The van der Waals surface area contributed by atoms with Gasteiger partial charge in [-0.05, 0) is 41.9 Å². The van der Waals surface area contributed by atoms with E-state index in [9.17, 15) is 0 Å². The topological polar surface area (TPSA) is 81.7 Å². The predicted octanol–water partition coefficient (Wildman–Crippen LogP) is 0.813. The fourth-order valence-corrected chi connectivity index (χ4v) is 1.51. The smallest absolute Gasteiger partial charge is 0.247 e. The highest BCUT2D eigenvalue weighted by molar-refractivity contribution is 5.38. The van der Waals surface area contributed by atoms with Gasteiger partial charge in [-0.1, -0.05) is 23.3 Å². The van der Waals surface area contributed by atoms with Crippen LogP contribution in [0.15, 0.2) is 30.3 Å². The van der Waals surface area contributed by atoms with Gasteiger partial charge in [0.05, 0.1) is 5.69 Å². The number of para-hydroxylation sites is 1. The summed E-state index contributed by atoms with van der Waals surface area (Å²) in [6.45, 7) is 1.54. The SMILES string of the molecule is NCCCCNc1nnnn1-c1ccccc1. The van der Waals surface area contributed by atoms with Crippen LogP contribution >= 0.6 is 0 Å². The summed E-state index contributed by atoms with van der Waals surface area (Å²) in [7, 11) is 0. The average molecular weight is 232 g/mol. The predicted molar refractivity (Wildman–Crippen MR) is 65.9 cm³/mol. The molecule has 6 nitrogen and oxygen atoms in total. The lowest BCUT2D eigenvalue weighted by atomic mass is 10.3. The fraction of sp³-hybridized carbons (Fsp3) is 0.364. The molecule has 0 unspecified atom stereocenters. The molecule has 0 radical (unpaired) electrons. The molecule has 0 atom stereocenters. The Bertz CT molecular complexity index is 438. The van der Waals surface area contributed by atoms with E-state index in [1.165, 1.54) is 0 Å². The fourth-order valence-electron chi connectivity index (χ4n) is 1.51. The van der Waals surface area contributed by atoms with Gasteiger partial charge in [-0.15, -0.1) is 0 Å². The molecular weight excluding hydrogens is 216 g/mol. The molecule has 6 heteroatoms. The molecule has 0 spiro atoms. The van der Waals surface area contributed by atoms with Crippen LogP contribution in [0, 0.1) is 0 Å². The molecule has 0 bridgehead atoms. The standard InChI is InChI=1S/C11H16N6/c12-8-4-5-9-13-11-14-15-16-17(11)10-6-2-1-3-7-10/h1-3,6-7H,4-5,8-9,12H2,(H,13,14,16). The second kappa shape index (κ2) is 5.95. The first-order valence-electron chi connectivity index (χ1n) is 5.69. The molecule has 0 saturated carbocycles. The Hall–Kier alpha value is -1.95. The Balaban J connectivity index is 2.02. The van der Waals surface area contributed by atoms with Crippen molar-refractivity contribution >= 4 is 5.95 Å². The van der Waals surface area contributed by atoms with E-state index < -0.39 is 0 Å². The van der Waals surface area contributed by atoms with Crippen molar-refractivity contribution in [2.24, 2.45) is 5.73 Å². The van der Waals surface area contributed by atoms with Gasteiger partial charge < -0.3 is 11.1 Å². The Kier molecular flexibility index (Phi) is 4.04. The van der Waals surface area contributed by atoms with E-state index in [0.717, 1.165) is 25.1 Å². The quantitative estimate of drug-likeness (QED) is 0.720. The minimum Gasteiger partial charge on any atom is -0.353 e. The summed E-state index contributed by atoms with van der Waals surface area (Å²) in [5.41, 5.74) is 6.38. The van der Waals surface area contributed by atoms with Gasteiger partial charge in [-0.3, -0.25) is 0 Å². The van der Waals surface area contributed by atoms with Gasteiger partial charge in [-0.25, -0.2) is 0 Å². The third-order valence-electron chi connectivity index (χ3n) is 2.38. The Labute approximate surface area is 99.8 Å². The molecule has 2 rings (SSSR count). The van der Waals surface area contributed by atoms with Crippen molar-refractivity contribution in [2.75, 3.05) is 18.4 Å². The molecule has 1 heterocycles. The number of nitrogens with zero attached hydrogens (tertiary/aromatic N) is 4. The van der Waals surface area contributed by atoms with E-state index in [0.29, 0.717) is 12.5 Å². The lowest BCUT2D eigenvalue weighted by Crippen LogP contribution is -2.10. The summed E-state index contributed by atoms with van der Waals surface area (Å²) in [6.07, 6.45) is 2.01. The van der Waals surface area contributed by atoms with Crippen LogP contribution < -0.4 is 11.1 Å². The zero-order valence-electron chi connectivity index (χ0n) is 9.58. The van der Waals surface area contributed by atoms with E-state index >= 15 is 0 Å². The molecule has 1 aromatic carbocycles. The van der Waals surface area contributed by atoms with Crippen LogP contribution in [0.3, 0.4) is 0 Å². The first-order chi connectivity index (χ1) is 8.42. The molecule has 0 aliphatic carbocycles. The van der Waals surface area contributed by atoms with Crippen molar-refractivity contribution < 1.29 is 0 Å². The molecule has 1 aromatic heterocycles. The minimum absolute atomic E-state index is 0.660. The number of tetrazole rings is 1. The van der Waals surface area contributed by atoms with Gasteiger partial charge in [-0.2, -0.15) is 4.68 Å². The van der Waals surface area contributed by atoms with E-state index in [1.807, 2.05) is 30.3 Å². The summed E-state index contributed by atoms with van der Waals surface area (Å²) in [6, 6.07) is 9.79. The van der Waals surface area contributed by atoms with Crippen molar-refractivity contribution in [1.82, 2.24) is 20.2 Å². The number of benzene rings is 1. The highest BCUT2D eigenvalue weighted by Crippen LogP contribution is 2.10. The van der Waals surface area contributed by atoms with Crippen molar-refractivity contribution in [1.29, 1.82) is 0 Å². The monoisotopic (exact) mass is 232 g/mol. The summed E-state index contributed by atoms with van der Waals surface area (Å²) in [5, 5.41) is 14.8. The molecule has 0 aliphatic heterocycles. The zero-order valence-corrected chi connectivity index (χ0v) is 9.58. The third-order valence-corrected chi connectivity index (χ3v) is 2.38. The molecule has 0 saturated heterocycles. The maximum absolute atomic E-state index is 5.44. The summed E-state index contributed by atoms with van der Waals surface area (Å²) < 4.78 is 1.68. The molecule has 0 amide bonds. The number of anilines is 1. The zero-order chi connectivity index (χ0) is 11.9. The maximum atomic E-state index is 5.44. The van der Waals surface area contributed by atoms with Crippen LogP contribution in [0.2, 0.25) is 0 Å². The minimum atomic E-state index is 0.660. The van der Waals surface area contributed by atoms with E-state index in [2.05, 4.69) is 20.8 Å². The van der Waals surface area contributed by atoms with Gasteiger partial charge in [0.1, 0.15) is 0 Å². The lowest BCUT2D eigenvalue weighted by Gasteiger charge is -2.06. The van der Waals surface area contributed by atoms with Gasteiger partial charge in [0.15, 0.2) is 0 Å². The Morgan fingerprint density at radius 3 is 2.76 bits per heavy atom. The number of nitrogens with two attached hydrogens (primary N) is 1. The van der Waals surface area contributed by atoms with Crippen molar-refractivity contribution in [2.45, 2.75) is 12.8 Å². The number of hydrogen-bond acceptors (Lipinski definition) is 5. The lowest BCUT2D eigenvalue weighted by molar-refractivity contribution is 0.760. The summed E-state index contributed by atoms with van der Waals surface area (Å²) >= 11 is 0. The van der Waals surface area contributed by atoms with E-state index in [1.54, 1.807) is 4.68 Å². The Morgan fingerprint density at radius 2 is 2.00 bits per heavy atom. The van der Waals surface area contributed by atoms with E-state index in [-0.39, 0.29) is 0 Å². The van der Waals surface area contributed by atoms with Gasteiger partial charge in [0.2, 0.25) is 5.95 Å². The molecule has 90 valence electrons. The van der Waals surface area contributed by atoms with Crippen LogP contribution in [-0.4, -0.2) is 33.3 Å². The summed E-state index contributed by atoms with van der Waals surface area (Å²) in [5.74, 6) is 0.660. The van der Waals surface area contributed by atoms with Crippen LogP contribution in [-0.2, 0) is 0 Å². The normalized spacial score (nSPS) is 10.4. The van der Waals surface area contributed by atoms with Crippen LogP contribution in [0.25, 0.3) is 5.69 Å². The van der Waals surface area contributed by atoms with Crippen LogP contribution in [0.5, 0.6) is 0 Å². The van der Waals surface area contributed by atoms with Crippen molar-refractivity contribution in [3.8, 4) is 5.69 Å². The molecule has 0 fully saturated rings. The van der Waals surface area contributed by atoms with Crippen molar-refractivity contribution in [3.05, 3.63) is 30.3 Å². The van der Waals surface area contributed by atoms with Gasteiger partial charge >= 0.3 is 0 Å². The molecule has 17 heavy (non-hydrogen) atoms. The maximum Gasteiger partial charge on any atom is 0.247 e. The molecule has 2 aromatic rings. The Morgan fingerprint density at radius 1 is 1.18 bits per heavy atom. The summed E-state index contributed by atoms with van der Waals surface area (Å²) in [4.78, 5) is 0. The van der Waals surface area contributed by atoms with Crippen LogP contribution in [0.1, 0.15) is 12.8 Å². The number of rotatable bonds is 6. The first-order valence-corrected chi connectivity index (χ1v) is 5.69. The molecule has 3 N–H and O–H groups in total. The largest absolute Gasteiger partial charge is 0.353 e. The number of nitrogens with one attached hydrogen (secondary N) is 1. The van der Waals surface area contributed by atoms with E-state index in [4.69, 9.17) is 5.73 Å². The molecular formula is C11H16N6. The second-order valence-electron chi connectivity index (χ2n) is 3.67. The number of unbranched alkanes of at least 4 members (excludes halogenated alkanes) is 1. The second-order valence-corrected chi connectivity index (χ2v) is 3.67. The first kappa shape index (κ1) is 11.5. The highest BCUT2D eigenvalue weighted by atomic mass is 15.6. The number of aromatic nitrogens is 4. The van der Waals surface area contributed by atoms with Crippen LogP contribution in [0.4, 0.5) is 5.95 Å². The molecule has 0 aliphatic rings. The average Bonchev–Trinajstić information content (AvgIpc) is 2.84. The van der Waals surface area contributed by atoms with Gasteiger partial charge in [0.25, 0.3) is 0 Å². The number of hydrogen-bond donors (Lipinski definition) is 2. The van der Waals surface area contributed by atoms with Crippen molar-refractivity contribution in [3.63, 3.8) is 0 Å². The third kappa shape index (κ3) is 3.01. The van der Waals surface area contributed by atoms with Gasteiger partial charge in [0, 0.05) is 6.54 Å². The highest BCUT2D eigenvalue weighted by Gasteiger charge is 2.06.